The first-order valence-electron chi connectivity index (χ1n) is 7.48. The van der Waals surface area contributed by atoms with Crippen molar-refractivity contribution in [2.75, 3.05) is 17.3 Å². The molecule has 12 nitrogen and oxygen atoms in total. The molecule has 12 heteroatoms. The van der Waals surface area contributed by atoms with Gasteiger partial charge in [-0.1, -0.05) is 6.92 Å². The SMILES string of the molecule is CCCNc1ncnc(NNC(=O)c2ccc([N+](=O)[O-])cc2)c1[N+](=O)[O-]. The molecule has 1 heterocycles. The standard InChI is InChI=1S/C14H15N7O5/c1-2-7-15-12-11(21(25)26)13(17-8-16-12)18-19-14(22)9-3-5-10(6-4-9)20(23)24/h3-6,8H,2,7H2,1H3,(H,19,22)(H2,15,16,17,18). The second-order valence-corrected chi connectivity index (χ2v) is 4.99. The third kappa shape index (κ3) is 4.37. The van der Waals surface area contributed by atoms with Crippen molar-refractivity contribution in [3.05, 3.63) is 56.4 Å². The monoisotopic (exact) mass is 361 g/mol. The number of nitro groups is 2. The number of nitrogens with one attached hydrogen (secondary N) is 3. The number of carbonyl (C=O) groups is 1. The van der Waals surface area contributed by atoms with Crippen LogP contribution in [0.1, 0.15) is 23.7 Å². The first-order chi connectivity index (χ1) is 12.4. The van der Waals surface area contributed by atoms with Crippen molar-refractivity contribution in [2.45, 2.75) is 13.3 Å². The van der Waals surface area contributed by atoms with Crippen LogP contribution in [-0.4, -0.2) is 32.3 Å². The maximum absolute atomic E-state index is 12.1. The number of rotatable bonds is 8. The van der Waals surface area contributed by atoms with Gasteiger partial charge in [0.15, 0.2) is 0 Å². The minimum absolute atomic E-state index is 0.0268. The van der Waals surface area contributed by atoms with Gasteiger partial charge in [0.05, 0.1) is 9.85 Å². The molecule has 1 aromatic heterocycles. The van der Waals surface area contributed by atoms with Crippen molar-refractivity contribution in [1.29, 1.82) is 0 Å². The summed E-state index contributed by atoms with van der Waals surface area (Å²) in [6, 6.07) is 4.87. The van der Waals surface area contributed by atoms with E-state index in [-0.39, 0.29) is 22.9 Å². The van der Waals surface area contributed by atoms with Gasteiger partial charge in [0.2, 0.25) is 11.6 Å². The lowest BCUT2D eigenvalue weighted by atomic mass is 10.2. The van der Waals surface area contributed by atoms with Gasteiger partial charge in [0, 0.05) is 24.2 Å². The zero-order valence-electron chi connectivity index (χ0n) is 13.6. The molecule has 0 radical (unpaired) electrons. The van der Waals surface area contributed by atoms with Crippen LogP contribution in [-0.2, 0) is 0 Å². The van der Waals surface area contributed by atoms with E-state index < -0.39 is 21.4 Å². The average molecular weight is 361 g/mol. The molecule has 136 valence electrons. The molecule has 1 amide bonds. The molecule has 0 bridgehead atoms. The summed E-state index contributed by atoms with van der Waals surface area (Å²) in [5.74, 6) is -0.811. The van der Waals surface area contributed by atoms with Gasteiger partial charge >= 0.3 is 5.69 Å². The lowest BCUT2D eigenvalue weighted by Crippen LogP contribution is -2.30. The predicted octanol–water partition coefficient (Wildman–Crippen LogP) is 1.87. The molecule has 1 aromatic carbocycles. The molecular formula is C14H15N7O5. The van der Waals surface area contributed by atoms with Crippen LogP contribution >= 0.6 is 0 Å². The van der Waals surface area contributed by atoms with Crippen LogP contribution in [0.2, 0.25) is 0 Å². The molecule has 0 aliphatic rings. The Bertz CT molecular complexity index is 825. The molecule has 0 fully saturated rings. The van der Waals surface area contributed by atoms with Gasteiger partial charge in [0.1, 0.15) is 6.33 Å². The number of aromatic nitrogens is 2. The number of amides is 1. The largest absolute Gasteiger partial charge is 0.364 e. The summed E-state index contributed by atoms with van der Waals surface area (Å²) in [6.07, 6.45) is 1.85. The second-order valence-electron chi connectivity index (χ2n) is 4.99. The number of carbonyl (C=O) groups excluding carboxylic acids is 1. The molecule has 3 N–H and O–H groups in total. The Hall–Kier alpha value is -3.83. The Balaban J connectivity index is 2.14. The lowest BCUT2D eigenvalue weighted by Gasteiger charge is -2.10. The molecule has 0 spiro atoms. The van der Waals surface area contributed by atoms with Crippen LogP contribution in [0.5, 0.6) is 0 Å². The molecule has 2 aromatic rings. The average Bonchev–Trinajstić information content (AvgIpc) is 2.64. The van der Waals surface area contributed by atoms with Gasteiger partial charge in [-0.2, -0.15) is 0 Å². The quantitative estimate of drug-likeness (QED) is 0.470. The van der Waals surface area contributed by atoms with Crippen molar-refractivity contribution in [3.8, 4) is 0 Å². The highest BCUT2D eigenvalue weighted by Gasteiger charge is 2.23. The molecule has 2 rings (SSSR count). The fourth-order valence-electron chi connectivity index (χ4n) is 1.94. The third-order valence-corrected chi connectivity index (χ3v) is 3.18. The van der Waals surface area contributed by atoms with Gasteiger partial charge in [0.25, 0.3) is 11.6 Å². The number of hydrogen-bond donors (Lipinski definition) is 3. The van der Waals surface area contributed by atoms with E-state index in [2.05, 4.69) is 26.1 Å². The maximum Gasteiger partial charge on any atom is 0.354 e. The fourth-order valence-corrected chi connectivity index (χ4v) is 1.94. The summed E-state index contributed by atoms with van der Waals surface area (Å²) in [6.45, 7) is 2.37. The van der Waals surface area contributed by atoms with Crippen LogP contribution in [0.3, 0.4) is 0 Å². The van der Waals surface area contributed by atoms with Crippen molar-refractivity contribution < 1.29 is 14.6 Å². The zero-order chi connectivity index (χ0) is 19.1. The zero-order valence-corrected chi connectivity index (χ0v) is 13.6. The van der Waals surface area contributed by atoms with E-state index in [4.69, 9.17) is 0 Å². The van der Waals surface area contributed by atoms with Crippen molar-refractivity contribution >= 4 is 28.9 Å². The van der Waals surface area contributed by atoms with Gasteiger partial charge in [-0.05, 0) is 18.6 Å². The first kappa shape index (κ1) is 18.5. The molecule has 26 heavy (non-hydrogen) atoms. The fraction of sp³-hybridized carbons (Fsp3) is 0.214. The molecule has 0 saturated carbocycles. The normalized spacial score (nSPS) is 10.0. The highest BCUT2D eigenvalue weighted by molar-refractivity contribution is 5.95. The Morgan fingerprint density at radius 1 is 1.08 bits per heavy atom. The number of benzene rings is 1. The van der Waals surface area contributed by atoms with E-state index >= 15 is 0 Å². The van der Waals surface area contributed by atoms with Gasteiger partial charge < -0.3 is 5.32 Å². The van der Waals surface area contributed by atoms with Crippen LogP contribution < -0.4 is 16.2 Å². The van der Waals surface area contributed by atoms with Crippen LogP contribution in [0, 0.1) is 20.2 Å². The molecule has 0 unspecified atom stereocenters. The highest BCUT2D eigenvalue weighted by Crippen LogP contribution is 2.28. The smallest absolute Gasteiger partial charge is 0.354 e. The van der Waals surface area contributed by atoms with E-state index in [0.29, 0.717) is 6.54 Å². The molecular weight excluding hydrogens is 346 g/mol. The van der Waals surface area contributed by atoms with Gasteiger partial charge in [-0.3, -0.25) is 35.9 Å². The summed E-state index contributed by atoms with van der Waals surface area (Å²) in [7, 11) is 0. The number of hydrazine groups is 1. The lowest BCUT2D eigenvalue weighted by molar-refractivity contribution is -0.384. The van der Waals surface area contributed by atoms with E-state index in [9.17, 15) is 25.0 Å². The second kappa shape index (κ2) is 8.32. The van der Waals surface area contributed by atoms with Crippen molar-refractivity contribution in [1.82, 2.24) is 15.4 Å². The van der Waals surface area contributed by atoms with Crippen molar-refractivity contribution in [2.24, 2.45) is 0 Å². The molecule has 0 aliphatic heterocycles. The van der Waals surface area contributed by atoms with Crippen LogP contribution in [0.4, 0.5) is 23.0 Å². The van der Waals surface area contributed by atoms with E-state index in [1.54, 1.807) is 0 Å². The van der Waals surface area contributed by atoms with Gasteiger partial charge in [-0.25, -0.2) is 9.97 Å². The minimum Gasteiger partial charge on any atom is -0.364 e. The topological polar surface area (TPSA) is 165 Å². The summed E-state index contributed by atoms with van der Waals surface area (Å²) < 4.78 is 0. The minimum atomic E-state index is -0.668. The summed E-state index contributed by atoms with van der Waals surface area (Å²) >= 11 is 0. The van der Waals surface area contributed by atoms with Crippen LogP contribution in [0.15, 0.2) is 30.6 Å². The Kier molecular flexibility index (Phi) is 5.92. The summed E-state index contributed by atoms with van der Waals surface area (Å²) in [4.78, 5) is 40.3. The van der Waals surface area contributed by atoms with E-state index in [1.807, 2.05) is 6.92 Å². The Morgan fingerprint density at radius 3 is 2.31 bits per heavy atom. The Morgan fingerprint density at radius 2 is 1.73 bits per heavy atom. The Labute approximate surface area is 146 Å². The van der Waals surface area contributed by atoms with Crippen molar-refractivity contribution in [3.63, 3.8) is 0 Å². The number of anilines is 2. The van der Waals surface area contributed by atoms with E-state index in [1.165, 1.54) is 24.3 Å². The highest BCUT2D eigenvalue weighted by atomic mass is 16.6. The number of nitro benzene ring substituents is 1. The molecule has 0 saturated heterocycles. The number of non-ortho nitro benzene ring substituents is 1. The molecule has 0 atom stereocenters. The third-order valence-electron chi connectivity index (χ3n) is 3.18. The van der Waals surface area contributed by atoms with Crippen LogP contribution in [0.25, 0.3) is 0 Å². The van der Waals surface area contributed by atoms with E-state index in [0.717, 1.165) is 12.7 Å². The molecule has 0 aliphatic carbocycles. The predicted molar refractivity (Wildman–Crippen MR) is 91.7 cm³/mol. The number of nitrogens with zero attached hydrogens (tertiary/aromatic N) is 4. The number of hydrogen-bond acceptors (Lipinski definition) is 9. The maximum atomic E-state index is 12.1. The summed E-state index contributed by atoms with van der Waals surface area (Å²) in [5, 5.41) is 24.7. The van der Waals surface area contributed by atoms with Gasteiger partial charge in [-0.15, -0.1) is 0 Å². The first-order valence-corrected chi connectivity index (χ1v) is 7.48. The summed E-state index contributed by atoms with van der Waals surface area (Å²) in [5.41, 5.74) is 4.20.